The highest BCUT2D eigenvalue weighted by Gasteiger charge is 2.46. The van der Waals surface area contributed by atoms with E-state index in [0.717, 1.165) is 25.9 Å². The molecular formula is C12H17NOS. The van der Waals surface area contributed by atoms with E-state index in [2.05, 4.69) is 24.0 Å². The van der Waals surface area contributed by atoms with Gasteiger partial charge < -0.3 is 10.0 Å². The van der Waals surface area contributed by atoms with Gasteiger partial charge in [-0.25, -0.2) is 0 Å². The van der Waals surface area contributed by atoms with Crippen molar-refractivity contribution in [2.24, 2.45) is 5.92 Å². The quantitative estimate of drug-likeness (QED) is 0.787. The molecule has 0 saturated carbocycles. The van der Waals surface area contributed by atoms with Crippen molar-refractivity contribution >= 4 is 11.3 Å². The fourth-order valence-electron chi connectivity index (χ4n) is 2.95. The van der Waals surface area contributed by atoms with Gasteiger partial charge in [0.1, 0.15) is 5.60 Å². The fraction of sp³-hybridized carbons (Fsp3) is 0.667. The second kappa shape index (κ2) is 3.30. The highest BCUT2D eigenvalue weighted by atomic mass is 32.1. The molecule has 2 fully saturated rings. The molecule has 3 unspecified atom stereocenters. The lowest BCUT2D eigenvalue weighted by Gasteiger charge is -2.38. The van der Waals surface area contributed by atoms with Crippen LogP contribution >= 0.6 is 11.3 Å². The third-order valence-electron chi connectivity index (χ3n) is 3.92. The van der Waals surface area contributed by atoms with E-state index in [1.165, 1.54) is 16.3 Å². The average molecular weight is 223 g/mol. The molecule has 0 spiro atoms. The molecule has 0 aliphatic carbocycles. The number of fused-ring (bicyclic) bond motifs is 2. The van der Waals surface area contributed by atoms with Crippen LogP contribution in [0.25, 0.3) is 0 Å². The molecule has 2 aliphatic rings. The minimum absolute atomic E-state index is 0.462. The average Bonchev–Trinajstić information content (AvgIpc) is 2.81. The van der Waals surface area contributed by atoms with Crippen LogP contribution in [0.4, 0.5) is 0 Å². The van der Waals surface area contributed by atoms with Gasteiger partial charge in [0.05, 0.1) is 0 Å². The van der Waals surface area contributed by atoms with Crippen molar-refractivity contribution < 1.29 is 5.11 Å². The molecule has 3 rings (SSSR count). The van der Waals surface area contributed by atoms with Gasteiger partial charge in [0.25, 0.3) is 0 Å². The molecule has 3 heteroatoms. The first-order valence-corrected chi connectivity index (χ1v) is 6.52. The highest BCUT2D eigenvalue weighted by Crippen LogP contribution is 2.44. The van der Waals surface area contributed by atoms with E-state index in [-0.39, 0.29) is 0 Å². The van der Waals surface area contributed by atoms with Crippen molar-refractivity contribution in [2.75, 3.05) is 19.6 Å². The number of hydrogen-bond acceptors (Lipinski definition) is 3. The zero-order chi connectivity index (χ0) is 10.5. The van der Waals surface area contributed by atoms with Crippen molar-refractivity contribution in [3.8, 4) is 0 Å². The summed E-state index contributed by atoms with van der Waals surface area (Å²) in [5.41, 5.74) is -0.522. The van der Waals surface area contributed by atoms with Gasteiger partial charge in [0.2, 0.25) is 0 Å². The van der Waals surface area contributed by atoms with Crippen LogP contribution in [0.15, 0.2) is 12.1 Å². The van der Waals surface area contributed by atoms with E-state index in [1.807, 2.05) is 0 Å². The topological polar surface area (TPSA) is 23.5 Å². The molecule has 0 amide bonds. The van der Waals surface area contributed by atoms with Gasteiger partial charge in [-0.3, -0.25) is 0 Å². The van der Waals surface area contributed by atoms with Crippen molar-refractivity contribution in [3.05, 3.63) is 21.9 Å². The Labute approximate surface area is 94.5 Å². The molecule has 2 aliphatic heterocycles. The number of nitrogens with zero attached hydrogens (tertiary/aromatic N) is 1. The van der Waals surface area contributed by atoms with Gasteiger partial charge in [-0.05, 0) is 38.4 Å². The lowest BCUT2D eigenvalue weighted by Crippen LogP contribution is -2.43. The predicted octanol–water partition coefficient (Wildman–Crippen LogP) is 1.97. The minimum Gasteiger partial charge on any atom is -0.384 e. The Morgan fingerprint density at radius 3 is 3.07 bits per heavy atom. The Bertz CT molecular complexity index is 375. The SMILES string of the molecule is Cc1ccc(C2(O)CCN3CCC2C3)s1. The molecule has 0 aromatic carbocycles. The molecule has 82 valence electrons. The number of aliphatic hydroxyl groups is 1. The summed E-state index contributed by atoms with van der Waals surface area (Å²) in [6.07, 6.45) is 2.07. The van der Waals surface area contributed by atoms with Crippen molar-refractivity contribution in [3.63, 3.8) is 0 Å². The zero-order valence-electron chi connectivity index (χ0n) is 9.07. The maximum Gasteiger partial charge on any atom is 0.104 e. The maximum absolute atomic E-state index is 10.8. The Morgan fingerprint density at radius 2 is 2.33 bits per heavy atom. The molecule has 1 N–H and O–H groups in total. The van der Waals surface area contributed by atoms with Crippen LogP contribution in [-0.4, -0.2) is 29.6 Å². The smallest absolute Gasteiger partial charge is 0.104 e. The lowest BCUT2D eigenvalue weighted by atomic mass is 9.81. The molecule has 3 atom stereocenters. The van der Waals surface area contributed by atoms with Gasteiger partial charge in [-0.2, -0.15) is 0 Å². The van der Waals surface area contributed by atoms with Crippen LogP contribution in [-0.2, 0) is 5.60 Å². The zero-order valence-corrected chi connectivity index (χ0v) is 9.89. The van der Waals surface area contributed by atoms with E-state index >= 15 is 0 Å². The first-order valence-electron chi connectivity index (χ1n) is 5.70. The largest absolute Gasteiger partial charge is 0.384 e. The van der Waals surface area contributed by atoms with E-state index in [9.17, 15) is 5.11 Å². The Kier molecular flexibility index (Phi) is 2.16. The number of rotatable bonds is 1. The number of piperidine rings is 1. The van der Waals surface area contributed by atoms with Crippen LogP contribution in [0.1, 0.15) is 22.6 Å². The molecule has 1 aromatic heterocycles. The Hall–Kier alpha value is -0.380. The summed E-state index contributed by atoms with van der Waals surface area (Å²) in [6.45, 7) is 5.44. The number of aryl methyl sites for hydroxylation is 1. The van der Waals surface area contributed by atoms with E-state index < -0.39 is 5.60 Å². The minimum atomic E-state index is -0.522. The van der Waals surface area contributed by atoms with E-state index in [1.54, 1.807) is 11.3 Å². The molecule has 2 bridgehead atoms. The summed E-state index contributed by atoms with van der Waals surface area (Å²) >= 11 is 1.76. The van der Waals surface area contributed by atoms with Crippen LogP contribution in [0.5, 0.6) is 0 Å². The molecule has 3 heterocycles. The van der Waals surface area contributed by atoms with Gasteiger partial charge >= 0.3 is 0 Å². The Morgan fingerprint density at radius 1 is 1.47 bits per heavy atom. The maximum atomic E-state index is 10.8. The third-order valence-corrected chi connectivity index (χ3v) is 5.09. The Balaban J connectivity index is 1.95. The molecule has 2 nitrogen and oxygen atoms in total. The number of thiophene rings is 1. The van der Waals surface area contributed by atoms with Gasteiger partial charge in [0, 0.05) is 28.8 Å². The summed E-state index contributed by atoms with van der Waals surface area (Å²) in [7, 11) is 0. The third kappa shape index (κ3) is 1.45. The molecule has 1 aromatic rings. The van der Waals surface area contributed by atoms with Crippen molar-refractivity contribution in [2.45, 2.75) is 25.4 Å². The summed E-state index contributed by atoms with van der Waals surface area (Å²) in [4.78, 5) is 4.96. The van der Waals surface area contributed by atoms with Crippen LogP contribution in [0.2, 0.25) is 0 Å². The number of hydrogen-bond donors (Lipinski definition) is 1. The lowest BCUT2D eigenvalue weighted by molar-refractivity contribution is -0.0471. The van der Waals surface area contributed by atoms with Gasteiger partial charge in [-0.15, -0.1) is 11.3 Å². The van der Waals surface area contributed by atoms with Crippen LogP contribution in [0, 0.1) is 12.8 Å². The standard InChI is InChI=1S/C12H17NOS/c1-9-2-3-11(15-9)12(14)5-7-13-6-4-10(12)8-13/h2-3,10,14H,4-8H2,1H3. The van der Waals surface area contributed by atoms with Gasteiger partial charge in [-0.1, -0.05) is 0 Å². The molecule has 0 radical (unpaired) electrons. The first-order chi connectivity index (χ1) is 7.18. The summed E-state index contributed by atoms with van der Waals surface area (Å²) < 4.78 is 0. The molecular weight excluding hydrogens is 206 g/mol. The van der Waals surface area contributed by atoms with E-state index in [0.29, 0.717) is 5.92 Å². The predicted molar refractivity (Wildman–Crippen MR) is 62.1 cm³/mol. The second-order valence-corrected chi connectivity index (χ2v) is 6.16. The normalized spacial score (nSPS) is 39.6. The fourth-order valence-corrected chi connectivity index (χ4v) is 4.01. The monoisotopic (exact) mass is 223 g/mol. The molecule has 2 saturated heterocycles. The molecule has 15 heavy (non-hydrogen) atoms. The van der Waals surface area contributed by atoms with Crippen LogP contribution in [0.3, 0.4) is 0 Å². The summed E-state index contributed by atoms with van der Waals surface area (Å²) in [6, 6.07) is 4.24. The van der Waals surface area contributed by atoms with Crippen molar-refractivity contribution in [1.29, 1.82) is 0 Å². The van der Waals surface area contributed by atoms with Crippen LogP contribution < -0.4 is 0 Å². The van der Waals surface area contributed by atoms with Gasteiger partial charge in [0.15, 0.2) is 0 Å². The van der Waals surface area contributed by atoms with Crippen molar-refractivity contribution in [1.82, 2.24) is 4.90 Å². The summed E-state index contributed by atoms with van der Waals surface area (Å²) in [5, 5.41) is 10.8. The summed E-state index contributed by atoms with van der Waals surface area (Å²) in [5.74, 6) is 0.462. The van der Waals surface area contributed by atoms with E-state index in [4.69, 9.17) is 0 Å². The first kappa shape index (κ1) is 9.82. The second-order valence-electron chi connectivity index (χ2n) is 4.87. The highest BCUT2D eigenvalue weighted by molar-refractivity contribution is 7.12.